The highest BCUT2D eigenvalue weighted by Crippen LogP contribution is 2.18. The Hall–Kier alpha value is -0.610. The van der Waals surface area contributed by atoms with Crippen LogP contribution in [0.15, 0.2) is 6.20 Å². The van der Waals surface area contributed by atoms with Crippen molar-refractivity contribution in [2.24, 2.45) is 0 Å². The molecule has 0 saturated carbocycles. The zero-order valence-electron chi connectivity index (χ0n) is 6.54. The van der Waals surface area contributed by atoms with Crippen LogP contribution in [0.25, 0.3) is 0 Å². The number of rotatable bonds is 3. The van der Waals surface area contributed by atoms with E-state index in [0.29, 0.717) is 16.0 Å². The normalized spacial score (nSPS) is 9.83. The molecule has 0 aliphatic carbocycles. The van der Waals surface area contributed by atoms with Crippen LogP contribution < -0.4 is 0 Å². The van der Waals surface area contributed by atoms with Crippen molar-refractivity contribution in [3.63, 3.8) is 0 Å². The summed E-state index contributed by atoms with van der Waals surface area (Å²) in [5.74, 6) is -0.261. The molecular formula is C7H8ClNO2S. The molecule has 12 heavy (non-hydrogen) atoms. The van der Waals surface area contributed by atoms with Gasteiger partial charge in [0, 0.05) is 0 Å². The first-order chi connectivity index (χ1) is 5.72. The minimum Gasteiger partial charge on any atom is -0.466 e. The molecule has 0 aliphatic rings. The van der Waals surface area contributed by atoms with Crippen molar-refractivity contribution >= 4 is 28.9 Å². The fraction of sp³-hybridized carbons (Fsp3) is 0.429. The van der Waals surface area contributed by atoms with E-state index in [1.807, 2.05) is 0 Å². The van der Waals surface area contributed by atoms with E-state index in [1.54, 1.807) is 6.92 Å². The predicted molar refractivity (Wildman–Crippen MR) is 47.5 cm³/mol. The van der Waals surface area contributed by atoms with Crippen LogP contribution in [0.1, 0.15) is 11.9 Å². The van der Waals surface area contributed by atoms with Gasteiger partial charge >= 0.3 is 5.97 Å². The zero-order chi connectivity index (χ0) is 8.97. The summed E-state index contributed by atoms with van der Waals surface area (Å²) in [6.07, 6.45) is 1.74. The highest BCUT2D eigenvalue weighted by molar-refractivity contribution is 7.15. The molecule has 1 heterocycles. The van der Waals surface area contributed by atoms with Crippen LogP contribution in [-0.4, -0.2) is 17.6 Å². The van der Waals surface area contributed by atoms with E-state index in [1.165, 1.54) is 17.5 Å². The van der Waals surface area contributed by atoms with Gasteiger partial charge in [-0.1, -0.05) is 11.6 Å². The number of thiazole rings is 1. The standard InChI is InChI=1S/C7H8ClNO2S/c1-2-11-7(10)3-6-9-4-5(8)12-6/h4H,2-3H2,1H3. The van der Waals surface area contributed by atoms with E-state index in [4.69, 9.17) is 16.3 Å². The van der Waals surface area contributed by atoms with Crippen molar-refractivity contribution in [2.45, 2.75) is 13.3 Å². The molecule has 0 radical (unpaired) electrons. The summed E-state index contributed by atoms with van der Waals surface area (Å²) in [5, 5.41) is 0.693. The number of esters is 1. The molecule has 1 aromatic rings. The second kappa shape index (κ2) is 4.42. The van der Waals surface area contributed by atoms with E-state index < -0.39 is 0 Å². The number of nitrogens with zero attached hydrogens (tertiary/aromatic N) is 1. The van der Waals surface area contributed by atoms with Crippen molar-refractivity contribution in [3.8, 4) is 0 Å². The van der Waals surface area contributed by atoms with Crippen LogP contribution in [0.2, 0.25) is 4.34 Å². The predicted octanol–water partition coefficient (Wildman–Crippen LogP) is 1.90. The van der Waals surface area contributed by atoms with Crippen LogP contribution in [0.4, 0.5) is 0 Å². The summed E-state index contributed by atoms with van der Waals surface area (Å²) in [7, 11) is 0. The molecule has 0 atom stereocenters. The summed E-state index contributed by atoms with van der Waals surface area (Å²) in [5.41, 5.74) is 0. The van der Waals surface area contributed by atoms with Gasteiger partial charge in [-0.05, 0) is 6.92 Å². The van der Waals surface area contributed by atoms with Gasteiger partial charge in [0.25, 0.3) is 0 Å². The first kappa shape index (κ1) is 9.48. The molecule has 3 nitrogen and oxygen atoms in total. The zero-order valence-corrected chi connectivity index (χ0v) is 8.11. The van der Waals surface area contributed by atoms with Gasteiger partial charge in [-0.2, -0.15) is 0 Å². The molecule has 0 aromatic carbocycles. The fourth-order valence-corrected chi connectivity index (χ4v) is 1.65. The van der Waals surface area contributed by atoms with Crippen LogP contribution in [0.5, 0.6) is 0 Å². The number of carbonyl (C=O) groups is 1. The minimum absolute atomic E-state index is 0.214. The molecule has 0 spiro atoms. The molecule has 5 heteroatoms. The number of halogens is 1. The average Bonchev–Trinajstić information content (AvgIpc) is 2.36. The third-order valence-corrected chi connectivity index (χ3v) is 2.24. The lowest BCUT2D eigenvalue weighted by molar-refractivity contribution is -0.142. The Morgan fingerprint density at radius 1 is 1.83 bits per heavy atom. The molecule has 0 unspecified atom stereocenters. The number of ether oxygens (including phenoxy) is 1. The van der Waals surface area contributed by atoms with Gasteiger partial charge in [0.05, 0.1) is 19.2 Å². The summed E-state index contributed by atoms with van der Waals surface area (Å²) in [6.45, 7) is 2.17. The summed E-state index contributed by atoms with van der Waals surface area (Å²) in [6, 6.07) is 0. The second-order valence-corrected chi connectivity index (χ2v) is 3.79. The number of hydrogen-bond donors (Lipinski definition) is 0. The molecule has 66 valence electrons. The summed E-state index contributed by atoms with van der Waals surface area (Å²) in [4.78, 5) is 14.8. The first-order valence-electron chi connectivity index (χ1n) is 3.48. The highest BCUT2D eigenvalue weighted by atomic mass is 35.5. The molecular weight excluding hydrogens is 198 g/mol. The molecule has 0 saturated heterocycles. The lowest BCUT2D eigenvalue weighted by atomic mass is 10.4. The average molecular weight is 206 g/mol. The van der Waals surface area contributed by atoms with Crippen molar-refractivity contribution < 1.29 is 9.53 Å². The van der Waals surface area contributed by atoms with Crippen LogP contribution >= 0.6 is 22.9 Å². The minimum atomic E-state index is -0.261. The van der Waals surface area contributed by atoms with Crippen molar-refractivity contribution in [2.75, 3.05) is 6.61 Å². The number of hydrogen-bond acceptors (Lipinski definition) is 4. The Kier molecular flexibility index (Phi) is 3.49. The molecule has 1 rings (SSSR count). The molecule has 0 fully saturated rings. The Morgan fingerprint density at radius 2 is 2.58 bits per heavy atom. The number of carbonyl (C=O) groups excluding carboxylic acids is 1. The molecule has 0 bridgehead atoms. The van der Waals surface area contributed by atoms with Gasteiger partial charge < -0.3 is 4.74 Å². The topological polar surface area (TPSA) is 39.2 Å². The van der Waals surface area contributed by atoms with Crippen LogP contribution in [0, 0.1) is 0 Å². The van der Waals surface area contributed by atoms with E-state index in [0.717, 1.165) is 0 Å². The smallest absolute Gasteiger partial charge is 0.312 e. The van der Waals surface area contributed by atoms with Crippen molar-refractivity contribution in [3.05, 3.63) is 15.5 Å². The van der Waals surface area contributed by atoms with E-state index >= 15 is 0 Å². The van der Waals surface area contributed by atoms with E-state index in [-0.39, 0.29) is 12.4 Å². The highest BCUT2D eigenvalue weighted by Gasteiger charge is 2.06. The van der Waals surface area contributed by atoms with Gasteiger partial charge in [-0.15, -0.1) is 11.3 Å². The van der Waals surface area contributed by atoms with Gasteiger partial charge in [-0.3, -0.25) is 4.79 Å². The van der Waals surface area contributed by atoms with Crippen molar-refractivity contribution in [1.82, 2.24) is 4.98 Å². The largest absolute Gasteiger partial charge is 0.466 e. The lowest BCUT2D eigenvalue weighted by Gasteiger charge is -1.97. The third-order valence-electron chi connectivity index (χ3n) is 1.13. The maximum absolute atomic E-state index is 10.9. The van der Waals surface area contributed by atoms with E-state index in [9.17, 15) is 4.79 Å². The third kappa shape index (κ3) is 2.79. The monoisotopic (exact) mass is 205 g/mol. The molecule has 1 aromatic heterocycles. The number of aromatic nitrogens is 1. The fourth-order valence-electron chi connectivity index (χ4n) is 0.705. The Morgan fingerprint density at radius 3 is 3.08 bits per heavy atom. The van der Waals surface area contributed by atoms with Crippen molar-refractivity contribution in [1.29, 1.82) is 0 Å². The van der Waals surface area contributed by atoms with Crippen LogP contribution in [-0.2, 0) is 16.0 Å². The van der Waals surface area contributed by atoms with Gasteiger partial charge in [0.15, 0.2) is 0 Å². The second-order valence-electron chi connectivity index (χ2n) is 2.04. The summed E-state index contributed by atoms with van der Waals surface area (Å²) < 4.78 is 5.33. The van der Waals surface area contributed by atoms with Crippen LogP contribution in [0.3, 0.4) is 0 Å². The van der Waals surface area contributed by atoms with Gasteiger partial charge in [0.1, 0.15) is 9.34 Å². The Bertz CT molecular complexity index is 274. The Balaban J connectivity index is 2.46. The SMILES string of the molecule is CCOC(=O)Cc1ncc(Cl)s1. The summed E-state index contributed by atoms with van der Waals surface area (Å²) >= 11 is 6.92. The quantitative estimate of drug-likeness (QED) is 0.708. The molecule has 0 N–H and O–H groups in total. The Labute approximate surface area is 79.3 Å². The molecule has 0 amide bonds. The molecule has 0 aliphatic heterocycles. The van der Waals surface area contributed by atoms with E-state index in [2.05, 4.69) is 4.98 Å². The lowest BCUT2D eigenvalue weighted by Crippen LogP contribution is -2.06. The maximum atomic E-state index is 10.9. The first-order valence-corrected chi connectivity index (χ1v) is 4.67. The van der Waals surface area contributed by atoms with Gasteiger partial charge in [0.2, 0.25) is 0 Å². The van der Waals surface area contributed by atoms with Gasteiger partial charge in [-0.25, -0.2) is 4.98 Å². The maximum Gasteiger partial charge on any atom is 0.312 e.